The summed E-state index contributed by atoms with van der Waals surface area (Å²) in [4.78, 5) is 0. The van der Waals surface area contributed by atoms with E-state index in [-0.39, 0.29) is 0 Å². The molecule has 0 bridgehead atoms. The predicted molar refractivity (Wildman–Crippen MR) is 74.3 cm³/mol. The Balaban J connectivity index is 4.16. The van der Waals surface area contributed by atoms with Crippen LogP contribution in [0.1, 0.15) is 40.0 Å². The lowest BCUT2D eigenvalue weighted by atomic mass is 10.5. The zero-order chi connectivity index (χ0) is 13.0. The van der Waals surface area contributed by atoms with Gasteiger partial charge in [-0.3, -0.25) is 0 Å². The van der Waals surface area contributed by atoms with E-state index < -0.39 is 8.56 Å². The molecular weight excluding hydrogens is 232 g/mol. The van der Waals surface area contributed by atoms with Crippen LogP contribution in [0.5, 0.6) is 0 Å². The lowest BCUT2D eigenvalue weighted by molar-refractivity contribution is 0.163. The third-order valence-corrected chi connectivity index (χ3v) is 6.27. The first-order chi connectivity index (χ1) is 8.24. The van der Waals surface area contributed by atoms with Gasteiger partial charge in [-0.05, 0) is 31.4 Å². The molecule has 0 aliphatic carbocycles. The lowest BCUT2D eigenvalue weighted by Crippen LogP contribution is -2.42. The molecule has 0 saturated heterocycles. The highest BCUT2D eigenvalue weighted by molar-refractivity contribution is 6.67. The molecule has 0 spiro atoms. The van der Waals surface area contributed by atoms with E-state index in [0.717, 1.165) is 44.6 Å². The average molecular weight is 260 g/mol. The van der Waals surface area contributed by atoms with Crippen molar-refractivity contribution in [2.24, 2.45) is 0 Å². The van der Waals surface area contributed by atoms with E-state index in [0.29, 0.717) is 6.61 Å². The van der Waals surface area contributed by atoms with Crippen molar-refractivity contribution in [3.05, 3.63) is 12.8 Å². The van der Waals surface area contributed by atoms with E-state index in [1.54, 1.807) is 0 Å². The smallest absolute Gasteiger partial charge is 0.337 e. The molecule has 0 saturated carbocycles. The second kappa shape index (κ2) is 10.8. The molecular formula is C13H28O3Si. The van der Waals surface area contributed by atoms with Gasteiger partial charge >= 0.3 is 8.56 Å². The van der Waals surface area contributed by atoms with Crippen molar-refractivity contribution in [1.29, 1.82) is 0 Å². The Bertz CT molecular complexity index is 178. The Morgan fingerprint density at radius 3 is 2.00 bits per heavy atom. The van der Waals surface area contributed by atoms with E-state index in [4.69, 9.17) is 13.6 Å². The minimum Gasteiger partial charge on any atom is -0.502 e. The molecule has 0 atom stereocenters. The monoisotopic (exact) mass is 260 g/mol. The SMILES string of the molecule is C=COCCC[Si](CC)(OCCC)OCCC. The van der Waals surface area contributed by atoms with Crippen LogP contribution >= 0.6 is 0 Å². The fourth-order valence-corrected chi connectivity index (χ4v) is 4.62. The van der Waals surface area contributed by atoms with Gasteiger partial charge in [-0.25, -0.2) is 0 Å². The number of rotatable bonds is 12. The fraction of sp³-hybridized carbons (Fsp3) is 0.846. The highest BCUT2D eigenvalue weighted by Gasteiger charge is 2.34. The highest BCUT2D eigenvalue weighted by atomic mass is 28.4. The molecule has 0 N–H and O–H groups in total. The van der Waals surface area contributed by atoms with Gasteiger partial charge in [0.25, 0.3) is 0 Å². The third-order valence-electron chi connectivity index (χ3n) is 2.61. The molecule has 0 aromatic rings. The van der Waals surface area contributed by atoms with Crippen LogP contribution in [-0.4, -0.2) is 28.4 Å². The molecule has 0 aliphatic rings. The summed E-state index contributed by atoms with van der Waals surface area (Å²) in [6, 6.07) is 2.03. The molecule has 0 aromatic carbocycles. The maximum atomic E-state index is 6.05. The summed E-state index contributed by atoms with van der Waals surface area (Å²) in [7, 11) is -1.98. The maximum Gasteiger partial charge on any atom is 0.337 e. The zero-order valence-electron chi connectivity index (χ0n) is 11.7. The summed E-state index contributed by atoms with van der Waals surface area (Å²) in [6.07, 6.45) is 4.58. The van der Waals surface area contributed by atoms with Gasteiger partial charge < -0.3 is 13.6 Å². The van der Waals surface area contributed by atoms with Crippen molar-refractivity contribution in [2.45, 2.75) is 52.1 Å². The quantitative estimate of drug-likeness (QED) is 0.303. The highest BCUT2D eigenvalue weighted by Crippen LogP contribution is 2.21. The summed E-state index contributed by atoms with van der Waals surface area (Å²) >= 11 is 0. The van der Waals surface area contributed by atoms with Crippen LogP contribution in [0.3, 0.4) is 0 Å². The van der Waals surface area contributed by atoms with Crippen molar-refractivity contribution in [2.75, 3.05) is 19.8 Å². The first-order valence-corrected chi connectivity index (χ1v) is 8.98. The predicted octanol–water partition coefficient (Wildman–Crippen LogP) is 3.85. The van der Waals surface area contributed by atoms with Crippen molar-refractivity contribution in [3.8, 4) is 0 Å². The van der Waals surface area contributed by atoms with Gasteiger partial charge in [0.15, 0.2) is 0 Å². The van der Waals surface area contributed by atoms with Gasteiger partial charge in [0.2, 0.25) is 0 Å². The van der Waals surface area contributed by atoms with Crippen molar-refractivity contribution >= 4 is 8.56 Å². The number of hydrogen-bond donors (Lipinski definition) is 0. The van der Waals surface area contributed by atoms with Crippen LogP contribution in [-0.2, 0) is 13.6 Å². The molecule has 0 rings (SSSR count). The van der Waals surface area contributed by atoms with Crippen LogP contribution in [0.2, 0.25) is 12.1 Å². The summed E-state index contributed by atoms with van der Waals surface area (Å²) in [6.45, 7) is 12.3. The van der Waals surface area contributed by atoms with Crippen LogP contribution in [0.4, 0.5) is 0 Å². The lowest BCUT2D eigenvalue weighted by Gasteiger charge is -2.29. The molecule has 0 aliphatic heterocycles. The van der Waals surface area contributed by atoms with E-state index in [9.17, 15) is 0 Å². The Morgan fingerprint density at radius 1 is 1.00 bits per heavy atom. The summed E-state index contributed by atoms with van der Waals surface area (Å²) in [5.74, 6) is 0. The number of ether oxygens (including phenoxy) is 1. The normalized spacial score (nSPS) is 11.5. The second-order valence-corrected chi connectivity index (χ2v) is 7.71. The molecule has 0 aromatic heterocycles. The molecule has 0 radical (unpaired) electrons. The van der Waals surface area contributed by atoms with Gasteiger partial charge in [-0.15, -0.1) is 0 Å². The first-order valence-electron chi connectivity index (χ1n) is 6.75. The molecule has 0 unspecified atom stereocenters. The van der Waals surface area contributed by atoms with Gasteiger partial charge in [0.05, 0.1) is 12.9 Å². The standard InChI is InChI=1S/C13H28O3Si/c1-5-10-15-17(8-4,16-11-6-2)13-9-12-14-7-3/h7H,3,5-6,8-13H2,1-2,4H3. The van der Waals surface area contributed by atoms with Crippen LogP contribution in [0.25, 0.3) is 0 Å². The second-order valence-electron chi connectivity index (χ2n) is 4.10. The molecule has 0 amide bonds. The van der Waals surface area contributed by atoms with Gasteiger partial charge in [0.1, 0.15) is 0 Å². The Morgan fingerprint density at radius 2 is 1.59 bits per heavy atom. The molecule has 3 nitrogen and oxygen atoms in total. The van der Waals surface area contributed by atoms with E-state index >= 15 is 0 Å². The van der Waals surface area contributed by atoms with Crippen LogP contribution in [0.15, 0.2) is 12.8 Å². The third kappa shape index (κ3) is 7.57. The van der Waals surface area contributed by atoms with Crippen LogP contribution < -0.4 is 0 Å². The molecule has 0 heterocycles. The van der Waals surface area contributed by atoms with E-state index in [1.807, 2.05) is 0 Å². The number of hydrogen-bond acceptors (Lipinski definition) is 3. The topological polar surface area (TPSA) is 27.7 Å². The van der Waals surface area contributed by atoms with Gasteiger partial charge in [0, 0.05) is 13.2 Å². The van der Waals surface area contributed by atoms with Crippen LogP contribution in [0, 0.1) is 0 Å². The average Bonchev–Trinajstić information content (AvgIpc) is 2.37. The van der Waals surface area contributed by atoms with Crippen molar-refractivity contribution in [3.63, 3.8) is 0 Å². The Kier molecular flexibility index (Phi) is 10.6. The molecule has 17 heavy (non-hydrogen) atoms. The maximum absolute atomic E-state index is 6.05. The first kappa shape index (κ1) is 16.7. The zero-order valence-corrected chi connectivity index (χ0v) is 12.7. The molecule has 102 valence electrons. The van der Waals surface area contributed by atoms with Crippen molar-refractivity contribution in [1.82, 2.24) is 0 Å². The largest absolute Gasteiger partial charge is 0.502 e. The summed E-state index contributed by atoms with van der Waals surface area (Å²) < 4.78 is 17.2. The van der Waals surface area contributed by atoms with Crippen molar-refractivity contribution < 1.29 is 13.6 Å². The van der Waals surface area contributed by atoms with Gasteiger partial charge in [-0.1, -0.05) is 27.4 Å². The Hall–Kier alpha value is -0.323. The van der Waals surface area contributed by atoms with E-state index in [2.05, 4.69) is 27.4 Å². The molecule has 4 heteroatoms. The van der Waals surface area contributed by atoms with E-state index in [1.165, 1.54) is 6.26 Å². The molecule has 0 fully saturated rings. The minimum absolute atomic E-state index is 0.712. The summed E-state index contributed by atoms with van der Waals surface area (Å²) in [5, 5.41) is 0. The Labute approximate surface area is 107 Å². The van der Waals surface area contributed by atoms with Gasteiger partial charge in [-0.2, -0.15) is 0 Å². The summed E-state index contributed by atoms with van der Waals surface area (Å²) in [5.41, 5.74) is 0. The minimum atomic E-state index is -1.98. The fourth-order valence-electron chi connectivity index (χ4n) is 1.65.